The van der Waals surface area contributed by atoms with Crippen molar-refractivity contribution in [2.24, 2.45) is 0 Å². The van der Waals surface area contributed by atoms with Crippen molar-refractivity contribution in [1.82, 2.24) is 0 Å². The Morgan fingerprint density at radius 1 is 0.767 bits per heavy atom. The van der Waals surface area contributed by atoms with Crippen LogP contribution in [-0.2, 0) is 14.2 Å². The molecule has 0 N–H and O–H groups in total. The lowest BCUT2D eigenvalue weighted by molar-refractivity contribution is 0.0453. The molecule has 0 saturated heterocycles. The van der Waals surface area contributed by atoms with Crippen LogP contribution in [0.4, 0.5) is 0 Å². The molecule has 0 fully saturated rings. The van der Waals surface area contributed by atoms with E-state index in [0.29, 0.717) is 17.2 Å². The fourth-order valence-electron chi connectivity index (χ4n) is 2.47. The fourth-order valence-corrected chi connectivity index (χ4v) is 2.47. The second-order valence-electron chi connectivity index (χ2n) is 5.92. The Hall–Kier alpha value is -3.07. The van der Waals surface area contributed by atoms with Crippen molar-refractivity contribution in [3.8, 4) is 23.0 Å². The fraction of sp³-hybridized carbons (Fsp3) is 0.318. The standard InChI is InChI=1S/C22H26O8/c1-24-13-28-17-8-5-16(6-9-17)7-10-19(23)22-20(27-4)11-18(29-14-25-2)12-21(22)30-15-26-3/h5-12H,13-15H2,1-4H3/b10-7+. The summed E-state index contributed by atoms with van der Waals surface area (Å²) in [5.74, 6) is 1.40. The lowest BCUT2D eigenvalue weighted by Crippen LogP contribution is -2.08. The van der Waals surface area contributed by atoms with Gasteiger partial charge in [-0.1, -0.05) is 18.2 Å². The normalized spacial score (nSPS) is 10.8. The summed E-state index contributed by atoms with van der Waals surface area (Å²) < 4.78 is 36.5. The second kappa shape index (κ2) is 12.5. The average molecular weight is 418 g/mol. The molecule has 30 heavy (non-hydrogen) atoms. The molecule has 0 aliphatic heterocycles. The smallest absolute Gasteiger partial charge is 0.193 e. The minimum Gasteiger partial charge on any atom is -0.496 e. The van der Waals surface area contributed by atoms with E-state index in [1.54, 1.807) is 37.5 Å². The number of carbonyl (C=O) groups excluding carboxylic acids is 1. The highest BCUT2D eigenvalue weighted by atomic mass is 16.7. The van der Waals surface area contributed by atoms with E-state index in [1.807, 2.05) is 12.1 Å². The quantitative estimate of drug-likeness (QED) is 0.278. The van der Waals surface area contributed by atoms with Gasteiger partial charge in [-0.15, -0.1) is 0 Å². The monoisotopic (exact) mass is 418 g/mol. The third kappa shape index (κ3) is 6.77. The van der Waals surface area contributed by atoms with E-state index in [-0.39, 0.29) is 37.5 Å². The molecular weight excluding hydrogens is 392 g/mol. The highest BCUT2D eigenvalue weighted by molar-refractivity contribution is 6.10. The van der Waals surface area contributed by atoms with Gasteiger partial charge in [0.15, 0.2) is 26.2 Å². The molecular formula is C22H26O8. The molecule has 0 aromatic heterocycles. The predicted molar refractivity (Wildman–Crippen MR) is 110 cm³/mol. The predicted octanol–water partition coefficient (Wildman–Crippen LogP) is 3.54. The van der Waals surface area contributed by atoms with Crippen molar-refractivity contribution >= 4 is 11.9 Å². The third-order valence-electron chi connectivity index (χ3n) is 3.83. The molecule has 0 aliphatic rings. The van der Waals surface area contributed by atoms with Gasteiger partial charge in [0.25, 0.3) is 0 Å². The molecule has 162 valence electrons. The Balaban J connectivity index is 2.26. The van der Waals surface area contributed by atoms with Crippen LogP contribution in [0.3, 0.4) is 0 Å². The minimum absolute atomic E-state index is 0.0379. The van der Waals surface area contributed by atoms with Crippen molar-refractivity contribution in [2.45, 2.75) is 0 Å². The molecule has 0 atom stereocenters. The van der Waals surface area contributed by atoms with E-state index < -0.39 is 0 Å². The zero-order valence-corrected chi connectivity index (χ0v) is 17.5. The van der Waals surface area contributed by atoms with Crippen molar-refractivity contribution in [3.63, 3.8) is 0 Å². The Bertz CT molecular complexity index is 830. The maximum absolute atomic E-state index is 12.9. The first-order chi connectivity index (χ1) is 14.6. The summed E-state index contributed by atoms with van der Waals surface area (Å²) in [6.07, 6.45) is 3.13. The summed E-state index contributed by atoms with van der Waals surface area (Å²) in [7, 11) is 6.02. The van der Waals surface area contributed by atoms with E-state index in [4.69, 9.17) is 33.2 Å². The Kier molecular flexibility index (Phi) is 9.66. The number of hydrogen-bond acceptors (Lipinski definition) is 8. The van der Waals surface area contributed by atoms with Crippen molar-refractivity contribution in [3.05, 3.63) is 53.6 Å². The van der Waals surface area contributed by atoms with E-state index >= 15 is 0 Å². The van der Waals surface area contributed by atoms with Crippen LogP contribution in [0.1, 0.15) is 15.9 Å². The highest BCUT2D eigenvalue weighted by Gasteiger charge is 2.19. The lowest BCUT2D eigenvalue weighted by Gasteiger charge is -2.15. The zero-order chi connectivity index (χ0) is 21.8. The largest absolute Gasteiger partial charge is 0.496 e. The summed E-state index contributed by atoms with van der Waals surface area (Å²) in [5.41, 5.74) is 1.09. The third-order valence-corrected chi connectivity index (χ3v) is 3.83. The van der Waals surface area contributed by atoms with Crippen LogP contribution in [0.25, 0.3) is 6.08 Å². The number of carbonyl (C=O) groups is 1. The molecule has 2 rings (SSSR count). The van der Waals surface area contributed by atoms with E-state index in [9.17, 15) is 4.79 Å². The highest BCUT2D eigenvalue weighted by Crippen LogP contribution is 2.35. The summed E-state index contributed by atoms with van der Waals surface area (Å²) in [4.78, 5) is 12.9. The molecule has 0 radical (unpaired) electrons. The molecule has 8 nitrogen and oxygen atoms in total. The molecule has 2 aromatic rings. The van der Waals surface area contributed by atoms with Gasteiger partial charge in [-0.3, -0.25) is 4.79 Å². The van der Waals surface area contributed by atoms with Gasteiger partial charge in [0.1, 0.15) is 28.6 Å². The average Bonchev–Trinajstić information content (AvgIpc) is 2.78. The lowest BCUT2D eigenvalue weighted by atomic mass is 10.1. The van der Waals surface area contributed by atoms with E-state index in [0.717, 1.165) is 5.56 Å². The number of methoxy groups -OCH3 is 4. The molecule has 0 bridgehead atoms. The van der Waals surface area contributed by atoms with Gasteiger partial charge in [0, 0.05) is 33.5 Å². The molecule has 2 aromatic carbocycles. The molecule has 0 unspecified atom stereocenters. The number of rotatable bonds is 13. The zero-order valence-electron chi connectivity index (χ0n) is 17.5. The summed E-state index contributed by atoms with van der Waals surface area (Å²) >= 11 is 0. The maximum Gasteiger partial charge on any atom is 0.193 e. The molecule has 0 amide bonds. The minimum atomic E-state index is -0.295. The van der Waals surface area contributed by atoms with Gasteiger partial charge in [-0.2, -0.15) is 0 Å². The van der Waals surface area contributed by atoms with Crippen LogP contribution in [0.5, 0.6) is 23.0 Å². The Morgan fingerprint density at radius 2 is 1.33 bits per heavy atom. The number of hydrogen-bond donors (Lipinski definition) is 0. The summed E-state index contributed by atoms with van der Waals surface area (Å²) in [6, 6.07) is 10.4. The maximum atomic E-state index is 12.9. The molecule has 8 heteroatoms. The first-order valence-corrected chi connectivity index (χ1v) is 9.02. The van der Waals surface area contributed by atoms with Gasteiger partial charge < -0.3 is 33.2 Å². The van der Waals surface area contributed by atoms with Gasteiger partial charge >= 0.3 is 0 Å². The summed E-state index contributed by atoms with van der Waals surface area (Å²) in [6.45, 7) is 0.176. The van der Waals surface area contributed by atoms with Crippen molar-refractivity contribution in [1.29, 1.82) is 0 Å². The van der Waals surface area contributed by atoms with Gasteiger partial charge in [-0.05, 0) is 23.8 Å². The van der Waals surface area contributed by atoms with Crippen molar-refractivity contribution < 1.29 is 38.0 Å². The molecule has 0 saturated carbocycles. The van der Waals surface area contributed by atoms with Crippen LogP contribution in [0.2, 0.25) is 0 Å². The van der Waals surface area contributed by atoms with Gasteiger partial charge in [0.05, 0.1) is 7.11 Å². The molecule has 0 aliphatic carbocycles. The van der Waals surface area contributed by atoms with Crippen LogP contribution in [-0.4, -0.2) is 54.6 Å². The first kappa shape index (κ1) is 23.2. The van der Waals surface area contributed by atoms with Gasteiger partial charge in [-0.25, -0.2) is 0 Å². The van der Waals surface area contributed by atoms with Crippen molar-refractivity contribution in [2.75, 3.05) is 48.8 Å². The van der Waals surface area contributed by atoms with Crippen LogP contribution >= 0.6 is 0 Å². The summed E-state index contributed by atoms with van der Waals surface area (Å²) in [5, 5.41) is 0. The Morgan fingerprint density at radius 3 is 1.93 bits per heavy atom. The topological polar surface area (TPSA) is 81.7 Å². The molecule has 0 spiro atoms. The first-order valence-electron chi connectivity index (χ1n) is 9.02. The van der Waals surface area contributed by atoms with Gasteiger partial charge in [0.2, 0.25) is 0 Å². The van der Waals surface area contributed by atoms with E-state index in [1.165, 1.54) is 27.4 Å². The van der Waals surface area contributed by atoms with E-state index in [2.05, 4.69) is 0 Å². The number of allylic oxidation sites excluding steroid dienone is 1. The molecule has 0 heterocycles. The van der Waals surface area contributed by atoms with Crippen LogP contribution in [0, 0.1) is 0 Å². The number of ketones is 1. The van der Waals surface area contributed by atoms with Crippen LogP contribution < -0.4 is 18.9 Å². The Labute approximate surface area is 175 Å². The number of benzene rings is 2. The SMILES string of the molecule is COCOc1ccc(/C=C/C(=O)c2c(OC)cc(OCOC)cc2OCOC)cc1. The number of ether oxygens (including phenoxy) is 7. The second-order valence-corrected chi connectivity index (χ2v) is 5.92. The van der Waals surface area contributed by atoms with Crippen LogP contribution in [0.15, 0.2) is 42.5 Å².